The highest BCUT2D eigenvalue weighted by Crippen LogP contribution is 2.17. The van der Waals surface area contributed by atoms with E-state index in [2.05, 4.69) is 20.8 Å². The lowest BCUT2D eigenvalue weighted by molar-refractivity contribution is 0.320. The number of aromatic nitrogens is 1. The molecule has 17 heavy (non-hydrogen) atoms. The first-order valence-electron chi connectivity index (χ1n) is 5.97. The monoisotopic (exact) mass is 299 g/mol. The molecule has 0 unspecified atom stereocenters. The maximum Gasteiger partial charge on any atom is 0.265 e. The van der Waals surface area contributed by atoms with Gasteiger partial charge in [0.15, 0.2) is 0 Å². The van der Waals surface area contributed by atoms with E-state index >= 15 is 0 Å². The lowest BCUT2D eigenvalue weighted by Crippen LogP contribution is -2.30. The van der Waals surface area contributed by atoms with Crippen LogP contribution in [-0.4, -0.2) is 29.1 Å². The predicted octanol–water partition coefficient (Wildman–Crippen LogP) is 1.60. The summed E-state index contributed by atoms with van der Waals surface area (Å²) in [4.78, 5) is 14.4. The molecule has 2 heterocycles. The van der Waals surface area contributed by atoms with E-state index in [9.17, 15) is 4.79 Å². The molecule has 1 aromatic heterocycles. The maximum absolute atomic E-state index is 12.0. The molecule has 4 nitrogen and oxygen atoms in total. The van der Waals surface area contributed by atoms with E-state index in [0.717, 1.165) is 25.2 Å². The van der Waals surface area contributed by atoms with E-state index in [1.807, 2.05) is 6.92 Å². The van der Waals surface area contributed by atoms with Crippen molar-refractivity contribution in [3.63, 3.8) is 0 Å². The number of halogens is 1. The fraction of sp³-hybridized carbons (Fsp3) is 0.583. The van der Waals surface area contributed by atoms with E-state index in [-0.39, 0.29) is 5.56 Å². The first kappa shape index (κ1) is 12.6. The highest BCUT2D eigenvalue weighted by molar-refractivity contribution is 9.10. The van der Waals surface area contributed by atoms with Gasteiger partial charge in [-0.05, 0) is 54.3 Å². The van der Waals surface area contributed by atoms with Gasteiger partial charge < -0.3 is 15.2 Å². The standard InChI is InChI=1S/C12H18BrN3O/c1-9-10(14)8-16(12(17)11(9)13)7-6-15-4-2-3-5-15/h8H,2-7,14H2,1H3. The number of nitrogen functional groups attached to an aromatic ring is 1. The van der Waals surface area contributed by atoms with Gasteiger partial charge in [-0.2, -0.15) is 0 Å². The van der Waals surface area contributed by atoms with E-state index in [1.54, 1.807) is 10.8 Å². The van der Waals surface area contributed by atoms with Gasteiger partial charge in [-0.25, -0.2) is 0 Å². The summed E-state index contributed by atoms with van der Waals surface area (Å²) < 4.78 is 2.28. The molecule has 0 atom stereocenters. The number of anilines is 1. The first-order chi connectivity index (χ1) is 8.09. The number of likely N-dealkylation sites (tertiary alicyclic amines) is 1. The van der Waals surface area contributed by atoms with E-state index in [4.69, 9.17) is 5.73 Å². The zero-order valence-corrected chi connectivity index (χ0v) is 11.7. The largest absolute Gasteiger partial charge is 0.397 e. The lowest BCUT2D eigenvalue weighted by Gasteiger charge is -2.16. The molecule has 0 aromatic carbocycles. The molecule has 1 aliphatic heterocycles. The minimum Gasteiger partial charge on any atom is -0.397 e. The number of rotatable bonds is 3. The third kappa shape index (κ3) is 2.72. The smallest absolute Gasteiger partial charge is 0.265 e. The molecule has 2 rings (SSSR count). The van der Waals surface area contributed by atoms with Crippen molar-refractivity contribution in [3.8, 4) is 0 Å². The fourth-order valence-corrected chi connectivity index (χ4v) is 2.61. The van der Waals surface area contributed by atoms with Crippen LogP contribution in [0.3, 0.4) is 0 Å². The van der Waals surface area contributed by atoms with E-state index < -0.39 is 0 Å². The molecular weight excluding hydrogens is 282 g/mol. The molecule has 0 bridgehead atoms. The molecule has 0 radical (unpaired) electrons. The predicted molar refractivity (Wildman–Crippen MR) is 73.2 cm³/mol. The summed E-state index contributed by atoms with van der Waals surface area (Å²) >= 11 is 3.31. The number of pyridine rings is 1. The molecule has 5 heteroatoms. The Balaban J connectivity index is 2.13. The maximum atomic E-state index is 12.0. The molecule has 1 aromatic rings. The zero-order valence-electron chi connectivity index (χ0n) is 10.1. The van der Waals surface area contributed by atoms with Crippen LogP contribution in [0.15, 0.2) is 15.5 Å². The summed E-state index contributed by atoms with van der Waals surface area (Å²) in [6.45, 7) is 5.79. The number of nitrogens with zero attached hydrogens (tertiary/aromatic N) is 2. The lowest BCUT2D eigenvalue weighted by atomic mass is 10.2. The highest BCUT2D eigenvalue weighted by Gasteiger charge is 2.13. The van der Waals surface area contributed by atoms with E-state index in [0.29, 0.717) is 16.7 Å². The van der Waals surface area contributed by atoms with Crippen LogP contribution >= 0.6 is 15.9 Å². The van der Waals surface area contributed by atoms with Crippen LogP contribution in [0, 0.1) is 6.92 Å². The van der Waals surface area contributed by atoms with Gasteiger partial charge >= 0.3 is 0 Å². The van der Waals surface area contributed by atoms with Crippen LogP contribution in [0.5, 0.6) is 0 Å². The van der Waals surface area contributed by atoms with Crippen LogP contribution in [0.2, 0.25) is 0 Å². The van der Waals surface area contributed by atoms with Crippen molar-refractivity contribution in [2.45, 2.75) is 26.3 Å². The van der Waals surface area contributed by atoms with Crippen molar-refractivity contribution in [2.24, 2.45) is 0 Å². The number of hydrogen-bond acceptors (Lipinski definition) is 3. The van der Waals surface area contributed by atoms with Crippen LogP contribution in [0.1, 0.15) is 18.4 Å². The molecule has 0 saturated carbocycles. The van der Waals surface area contributed by atoms with Crippen molar-refractivity contribution in [2.75, 3.05) is 25.4 Å². The average Bonchev–Trinajstić information content (AvgIpc) is 2.82. The second-order valence-electron chi connectivity index (χ2n) is 4.57. The summed E-state index contributed by atoms with van der Waals surface area (Å²) in [5, 5.41) is 0. The molecule has 1 aliphatic rings. The SMILES string of the molecule is Cc1c(N)cn(CCN2CCCC2)c(=O)c1Br. The minimum atomic E-state index is 0.0101. The quantitative estimate of drug-likeness (QED) is 0.922. The van der Waals surface area contributed by atoms with Gasteiger partial charge in [0.25, 0.3) is 5.56 Å². The van der Waals surface area contributed by atoms with Crippen LogP contribution in [0.4, 0.5) is 5.69 Å². The molecule has 0 amide bonds. The Morgan fingerprint density at radius 2 is 2.00 bits per heavy atom. The Morgan fingerprint density at radius 1 is 1.35 bits per heavy atom. The second-order valence-corrected chi connectivity index (χ2v) is 5.36. The van der Waals surface area contributed by atoms with Crippen molar-refractivity contribution in [1.82, 2.24) is 9.47 Å². The third-order valence-corrected chi connectivity index (χ3v) is 4.30. The highest BCUT2D eigenvalue weighted by atomic mass is 79.9. The van der Waals surface area contributed by atoms with Crippen molar-refractivity contribution < 1.29 is 0 Å². The Labute approximate surface area is 110 Å². The van der Waals surface area contributed by atoms with Crippen LogP contribution in [0.25, 0.3) is 0 Å². The molecule has 1 saturated heterocycles. The average molecular weight is 300 g/mol. The van der Waals surface area contributed by atoms with Gasteiger partial charge in [0.1, 0.15) is 0 Å². The molecule has 94 valence electrons. The summed E-state index contributed by atoms with van der Waals surface area (Å²) in [5.74, 6) is 0. The molecule has 0 aliphatic carbocycles. The molecule has 1 fully saturated rings. The Kier molecular flexibility index (Phi) is 3.89. The Morgan fingerprint density at radius 3 is 2.65 bits per heavy atom. The van der Waals surface area contributed by atoms with Crippen LogP contribution in [-0.2, 0) is 6.54 Å². The normalized spacial score (nSPS) is 16.6. The van der Waals surface area contributed by atoms with Gasteiger partial charge in [-0.15, -0.1) is 0 Å². The van der Waals surface area contributed by atoms with Crippen molar-refractivity contribution in [1.29, 1.82) is 0 Å². The second kappa shape index (κ2) is 5.23. The molecule has 0 spiro atoms. The van der Waals surface area contributed by atoms with Gasteiger partial charge in [0.2, 0.25) is 0 Å². The van der Waals surface area contributed by atoms with Crippen LogP contribution < -0.4 is 11.3 Å². The zero-order chi connectivity index (χ0) is 12.4. The fourth-order valence-electron chi connectivity index (χ4n) is 2.16. The summed E-state index contributed by atoms with van der Waals surface area (Å²) in [5.41, 5.74) is 7.37. The molecule has 2 N–H and O–H groups in total. The Bertz CT molecular complexity index is 464. The summed E-state index contributed by atoms with van der Waals surface area (Å²) in [6.07, 6.45) is 4.29. The van der Waals surface area contributed by atoms with Gasteiger partial charge in [-0.1, -0.05) is 0 Å². The summed E-state index contributed by atoms with van der Waals surface area (Å²) in [6, 6.07) is 0. The van der Waals surface area contributed by atoms with Gasteiger partial charge in [0.05, 0.1) is 10.2 Å². The van der Waals surface area contributed by atoms with Crippen molar-refractivity contribution in [3.05, 3.63) is 26.6 Å². The Hall–Kier alpha value is -0.810. The topological polar surface area (TPSA) is 51.3 Å². The van der Waals surface area contributed by atoms with Crippen molar-refractivity contribution >= 4 is 21.6 Å². The summed E-state index contributed by atoms with van der Waals surface area (Å²) in [7, 11) is 0. The third-order valence-electron chi connectivity index (χ3n) is 3.36. The number of hydrogen-bond donors (Lipinski definition) is 1. The van der Waals surface area contributed by atoms with Gasteiger partial charge in [-0.3, -0.25) is 4.79 Å². The number of nitrogens with two attached hydrogens (primary N) is 1. The van der Waals surface area contributed by atoms with E-state index in [1.165, 1.54) is 12.8 Å². The minimum absolute atomic E-state index is 0.0101. The molecular formula is C12H18BrN3O. The first-order valence-corrected chi connectivity index (χ1v) is 6.76. The van der Waals surface area contributed by atoms with Gasteiger partial charge in [0, 0.05) is 19.3 Å².